The number of carbonyl (C=O) groups excluding carboxylic acids is 1. The molecule has 2 N–H and O–H groups in total. The Labute approximate surface area is 115 Å². The Bertz CT molecular complexity index is 297. The van der Waals surface area contributed by atoms with Crippen molar-refractivity contribution in [1.82, 2.24) is 9.62 Å². The van der Waals surface area contributed by atoms with Crippen molar-refractivity contribution in [3.8, 4) is 0 Å². The van der Waals surface area contributed by atoms with Crippen LogP contribution in [0.4, 0.5) is 4.79 Å². The summed E-state index contributed by atoms with van der Waals surface area (Å²) in [4.78, 5) is 11.9. The minimum absolute atomic E-state index is 0.0509. The van der Waals surface area contributed by atoms with Crippen molar-refractivity contribution < 1.29 is 9.90 Å². The van der Waals surface area contributed by atoms with Crippen LogP contribution in [0.15, 0.2) is 12.2 Å². The first kappa shape index (κ1) is 15.4. The molecule has 0 aromatic heterocycles. The summed E-state index contributed by atoms with van der Waals surface area (Å²) in [5.74, 6) is 0.785. The molecule has 0 saturated carbocycles. The molecule has 0 aliphatic heterocycles. The summed E-state index contributed by atoms with van der Waals surface area (Å²) < 4.78 is 1.50. The SMILES string of the molecule is CCC(C)C(C1C=CCC1)N(S)C(=O)NCCO. The number of thiol groups is 1. The van der Waals surface area contributed by atoms with E-state index in [0.29, 0.717) is 11.8 Å². The fourth-order valence-corrected chi connectivity index (χ4v) is 2.88. The highest BCUT2D eigenvalue weighted by atomic mass is 32.1. The van der Waals surface area contributed by atoms with Crippen LogP contribution in [-0.2, 0) is 0 Å². The van der Waals surface area contributed by atoms with E-state index in [2.05, 4.69) is 44.1 Å². The number of nitrogens with zero attached hydrogens (tertiary/aromatic N) is 1. The van der Waals surface area contributed by atoms with Gasteiger partial charge >= 0.3 is 6.03 Å². The van der Waals surface area contributed by atoms with Crippen molar-refractivity contribution >= 4 is 18.8 Å². The third-order valence-electron chi connectivity index (χ3n) is 3.59. The molecular weight excluding hydrogens is 248 g/mol. The standard InChI is InChI=1S/C13H24N2O2S/c1-3-10(2)12(11-6-4-5-7-11)15(18)13(17)14-8-9-16/h4,6,10-12,16,18H,3,5,7-9H2,1-2H3,(H,14,17). The van der Waals surface area contributed by atoms with Crippen molar-refractivity contribution in [2.24, 2.45) is 11.8 Å². The van der Waals surface area contributed by atoms with Gasteiger partial charge in [-0.2, -0.15) is 0 Å². The third kappa shape index (κ3) is 3.92. The molecule has 5 heteroatoms. The van der Waals surface area contributed by atoms with Crippen LogP contribution in [0, 0.1) is 11.8 Å². The van der Waals surface area contributed by atoms with Crippen LogP contribution < -0.4 is 5.32 Å². The molecule has 1 rings (SSSR count). The van der Waals surface area contributed by atoms with Crippen molar-refractivity contribution in [1.29, 1.82) is 0 Å². The van der Waals surface area contributed by atoms with Crippen LogP contribution in [0.5, 0.6) is 0 Å². The summed E-state index contributed by atoms with van der Waals surface area (Å²) in [6, 6.07) is -0.117. The number of hydrogen-bond acceptors (Lipinski definition) is 3. The fourth-order valence-electron chi connectivity index (χ4n) is 2.41. The van der Waals surface area contributed by atoms with Crippen LogP contribution in [0.2, 0.25) is 0 Å². The monoisotopic (exact) mass is 272 g/mol. The molecule has 0 radical (unpaired) electrons. The Morgan fingerprint density at radius 1 is 1.67 bits per heavy atom. The van der Waals surface area contributed by atoms with Gasteiger partial charge in [-0.1, -0.05) is 45.2 Å². The van der Waals surface area contributed by atoms with E-state index in [4.69, 9.17) is 5.11 Å². The van der Waals surface area contributed by atoms with E-state index >= 15 is 0 Å². The molecule has 104 valence electrons. The largest absolute Gasteiger partial charge is 0.395 e. The van der Waals surface area contributed by atoms with Gasteiger partial charge in [0.05, 0.1) is 12.6 Å². The van der Waals surface area contributed by atoms with Crippen LogP contribution in [0.25, 0.3) is 0 Å². The number of carbonyl (C=O) groups is 1. The first-order valence-electron chi connectivity index (χ1n) is 6.65. The molecule has 1 aliphatic carbocycles. The molecule has 18 heavy (non-hydrogen) atoms. The van der Waals surface area contributed by atoms with Gasteiger partial charge in [0.1, 0.15) is 0 Å². The molecule has 1 aliphatic rings. The Morgan fingerprint density at radius 3 is 2.89 bits per heavy atom. The van der Waals surface area contributed by atoms with E-state index in [-0.39, 0.29) is 25.2 Å². The smallest absolute Gasteiger partial charge is 0.327 e. The van der Waals surface area contributed by atoms with Gasteiger partial charge in [0.15, 0.2) is 0 Å². The first-order chi connectivity index (χ1) is 8.61. The number of hydrogen-bond donors (Lipinski definition) is 3. The van der Waals surface area contributed by atoms with Crippen LogP contribution in [0.1, 0.15) is 33.1 Å². The predicted octanol–water partition coefficient (Wildman–Crippen LogP) is 2.22. The van der Waals surface area contributed by atoms with Gasteiger partial charge in [-0.25, -0.2) is 4.79 Å². The summed E-state index contributed by atoms with van der Waals surface area (Å²) in [5, 5.41) is 11.4. The second-order valence-corrected chi connectivity index (χ2v) is 5.28. The lowest BCUT2D eigenvalue weighted by molar-refractivity contribution is 0.182. The van der Waals surface area contributed by atoms with Gasteiger partial charge in [0.25, 0.3) is 0 Å². The maximum Gasteiger partial charge on any atom is 0.327 e. The van der Waals surface area contributed by atoms with E-state index in [1.165, 1.54) is 4.31 Å². The summed E-state index contributed by atoms with van der Waals surface area (Å²) in [6.07, 6.45) is 7.54. The number of allylic oxidation sites excluding steroid dienone is 1. The Morgan fingerprint density at radius 2 is 2.39 bits per heavy atom. The highest BCUT2D eigenvalue weighted by Gasteiger charge is 2.32. The lowest BCUT2D eigenvalue weighted by atomic mass is 9.87. The van der Waals surface area contributed by atoms with Crippen LogP contribution in [0.3, 0.4) is 0 Å². The summed E-state index contributed by atoms with van der Waals surface area (Å²) in [6.45, 7) is 4.50. The summed E-state index contributed by atoms with van der Waals surface area (Å²) in [5.41, 5.74) is 0. The van der Waals surface area contributed by atoms with Crippen LogP contribution in [-0.4, -0.2) is 34.6 Å². The molecule has 0 aromatic carbocycles. The van der Waals surface area contributed by atoms with Gasteiger partial charge in [-0.15, -0.1) is 0 Å². The molecule has 0 fully saturated rings. The zero-order valence-electron chi connectivity index (χ0n) is 11.2. The lowest BCUT2D eigenvalue weighted by Gasteiger charge is -2.35. The maximum atomic E-state index is 11.9. The molecule has 0 aromatic rings. The molecule has 0 bridgehead atoms. The van der Waals surface area contributed by atoms with Gasteiger partial charge in [0.2, 0.25) is 0 Å². The Hall–Kier alpha value is -0.680. The average molecular weight is 272 g/mol. The minimum Gasteiger partial charge on any atom is -0.395 e. The van der Waals surface area contributed by atoms with Gasteiger partial charge in [0, 0.05) is 6.54 Å². The molecule has 0 heterocycles. The zero-order valence-corrected chi connectivity index (χ0v) is 12.1. The summed E-state index contributed by atoms with van der Waals surface area (Å²) in [7, 11) is 0. The highest BCUT2D eigenvalue weighted by Crippen LogP contribution is 2.31. The second kappa shape index (κ2) is 7.69. The molecule has 3 atom stereocenters. The Balaban J connectivity index is 2.69. The number of urea groups is 1. The quantitative estimate of drug-likeness (QED) is 0.513. The van der Waals surface area contributed by atoms with Crippen molar-refractivity contribution in [3.63, 3.8) is 0 Å². The second-order valence-electron chi connectivity index (χ2n) is 4.85. The number of amides is 2. The molecule has 0 saturated heterocycles. The Kier molecular flexibility index (Phi) is 6.57. The zero-order chi connectivity index (χ0) is 13.5. The maximum absolute atomic E-state index is 11.9. The van der Waals surface area contributed by atoms with Crippen molar-refractivity contribution in [2.75, 3.05) is 13.2 Å². The normalized spacial score (nSPS) is 21.7. The van der Waals surface area contributed by atoms with E-state index in [1.807, 2.05) is 0 Å². The van der Waals surface area contributed by atoms with Gasteiger partial charge in [-0.3, -0.25) is 4.31 Å². The third-order valence-corrected chi connectivity index (χ3v) is 4.04. The van der Waals surface area contributed by atoms with E-state index < -0.39 is 0 Å². The predicted molar refractivity (Wildman–Crippen MR) is 76.4 cm³/mol. The van der Waals surface area contributed by atoms with E-state index in [1.54, 1.807) is 0 Å². The number of nitrogens with one attached hydrogen (secondary N) is 1. The summed E-state index contributed by atoms with van der Waals surface area (Å²) >= 11 is 4.37. The average Bonchev–Trinajstić information content (AvgIpc) is 2.89. The van der Waals surface area contributed by atoms with Crippen molar-refractivity contribution in [3.05, 3.63) is 12.2 Å². The fraction of sp³-hybridized carbons (Fsp3) is 0.769. The van der Waals surface area contributed by atoms with Crippen molar-refractivity contribution in [2.45, 2.75) is 39.2 Å². The first-order valence-corrected chi connectivity index (χ1v) is 7.05. The molecule has 2 amide bonds. The molecular formula is C13H24N2O2S. The number of aliphatic hydroxyl groups excluding tert-OH is 1. The van der Waals surface area contributed by atoms with Crippen LogP contribution >= 0.6 is 12.8 Å². The molecule has 0 spiro atoms. The topological polar surface area (TPSA) is 52.6 Å². The molecule has 3 unspecified atom stereocenters. The number of rotatable bonds is 6. The van der Waals surface area contributed by atoms with Gasteiger partial charge < -0.3 is 10.4 Å². The highest BCUT2D eigenvalue weighted by molar-refractivity contribution is 7.78. The number of aliphatic hydroxyl groups is 1. The van der Waals surface area contributed by atoms with E-state index in [9.17, 15) is 4.79 Å². The molecule has 4 nitrogen and oxygen atoms in total. The minimum atomic E-state index is -0.224. The van der Waals surface area contributed by atoms with E-state index in [0.717, 1.165) is 19.3 Å². The van der Waals surface area contributed by atoms with Gasteiger partial charge in [-0.05, 0) is 24.7 Å². The lowest BCUT2D eigenvalue weighted by Crippen LogP contribution is -2.46.